The first kappa shape index (κ1) is 19.7. The SMILES string of the molecule is Cc1ccc(NC(=O)C(=O)NCC2CCN(C(=O)c3ccoc3)CC2)c(C)c1. The molecule has 7 nitrogen and oxygen atoms in total. The van der Waals surface area contributed by atoms with E-state index < -0.39 is 11.8 Å². The lowest BCUT2D eigenvalue weighted by Crippen LogP contribution is -2.43. The Hall–Kier alpha value is -3.09. The summed E-state index contributed by atoms with van der Waals surface area (Å²) < 4.78 is 4.96. The highest BCUT2D eigenvalue weighted by Crippen LogP contribution is 2.19. The van der Waals surface area contributed by atoms with Crippen LogP contribution < -0.4 is 10.6 Å². The van der Waals surface area contributed by atoms with E-state index in [1.54, 1.807) is 17.0 Å². The molecule has 3 rings (SSSR count). The van der Waals surface area contributed by atoms with E-state index in [9.17, 15) is 14.4 Å². The molecule has 1 saturated heterocycles. The quantitative estimate of drug-likeness (QED) is 0.794. The summed E-state index contributed by atoms with van der Waals surface area (Å²) in [6.07, 6.45) is 4.49. The lowest BCUT2D eigenvalue weighted by Gasteiger charge is -2.31. The van der Waals surface area contributed by atoms with Crippen LogP contribution in [0, 0.1) is 19.8 Å². The number of furan rings is 1. The minimum Gasteiger partial charge on any atom is -0.472 e. The molecule has 1 aliphatic heterocycles. The fraction of sp³-hybridized carbons (Fsp3) is 0.381. The van der Waals surface area contributed by atoms with Crippen LogP contribution in [0.15, 0.2) is 41.2 Å². The summed E-state index contributed by atoms with van der Waals surface area (Å²) in [7, 11) is 0. The number of likely N-dealkylation sites (tertiary alicyclic amines) is 1. The van der Waals surface area contributed by atoms with Gasteiger partial charge in [0.15, 0.2) is 0 Å². The molecule has 0 bridgehead atoms. The normalized spacial score (nSPS) is 14.6. The Balaban J connectivity index is 1.42. The molecule has 0 radical (unpaired) electrons. The van der Waals surface area contributed by atoms with E-state index in [0.29, 0.717) is 30.9 Å². The van der Waals surface area contributed by atoms with Crippen LogP contribution in [-0.4, -0.2) is 42.3 Å². The number of aryl methyl sites for hydroxylation is 2. The van der Waals surface area contributed by atoms with Crippen molar-refractivity contribution in [3.8, 4) is 0 Å². The van der Waals surface area contributed by atoms with Gasteiger partial charge >= 0.3 is 11.8 Å². The third kappa shape index (κ3) is 4.79. The van der Waals surface area contributed by atoms with Crippen molar-refractivity contribution < 1.29 is 18.8 Å². The lowest BCUT2D eigenvalue weighted by molar-refractivity contribution is -0.136. The number of benzene rings is 1. The van der Waals surface area contributed by atoms with Gasteiger partial charge in [0.05, 0.1) is 11.8 Å². The van der Waals surface area contributed by atoms with E-state index in [-0.39, 0.29) is 11.8 Å². The van der Waals surface area contributed by atoms with Crippen LogP contribution in [0.5, 0.6) is 0 Å². The second-order valence-corrected chi connectivity index (χ2v) is 7.23. The van der Waals surface area contributed by atoms with Crippen LogP contribution >= 0.6 is 0 Å². The number of nitrogens with zero attached hydrogens (tertiary/aromatic N) is 1. The molecule has 0 atom stereocenters. The van der Waals surface area contributed by atoms with Crippen molar-refractivity contribution in [3.05, 3.63) is 53.5 Å². The van der Waals surface area contributed by atoms with E-state index >= 15 is 0 Å². The summed E-state index contributed by atoms with van der Waals surface area (Å²) in [5.74, 6) is -1.10. The fourth-order valence-electron chi connectivity index (χ4n) is 3.36. The summed E-state index contributed by atoms with van der Waals surface area (Å²) >= 11 is 0. The van der Waals surface area contributed by atoms with Crippen LogP contribution in [-0.2, 0) is 9.59 Å². The van der Waals surface area contributed by atoms with Crippen LogP contribution in [0.1, 0.15) is 34.3 Å². The van der Waals surface area contributed by atoms with Gasteiger partial charge in [0, 0.05) is 25.3 Å². The zero-order valence-corrected chi connectivity index (χ0v) is 16.2. The predicted octanol–water partition coefficient (Wildman–Crippen LogP) is 2.50. The number of amides is 3. The molecule has 2 heterocycles. The van der Waals surface area contributed by atoms with Gasteiger partial charge in [-0.1, -0.05) is 17.7 Å². The van der Waals surface area contributed by atoms with Crippen LogP contribution in [0.25, 0.3) is 0 Å². The monoisotopic (exact) mass is 383 g/mol. The number of hydrogen-bond acceptors (Lipinski definition) is 4. The van der Waals surface area contributed by atoms with Crippen molar-refractivity contribution in [2.45, 2.75) is 26.7 Å². The minimum atomic E-state index is -0.667. The van der Waals surface area contributed by atoms with Crippen molar-refractivity contribution in [1.29, 1.82) is 0 Å². The topological polar surface area (TPSA) is 91.7 Å². The summed E-state index contributed by atoms with van der Waals surface area (Å²) in [4.78, 5) is 38.3. The van der Waals surface area contributed by atoms with Crippen molar-refractivity contribution in [2.24, 2.45) is 5.92 Å². The molecule has 7 heteroatoms. The van der Waals surface area contributed by atoms with Crippen LogP contribution in [0.4, 0.5) is 5.69 Å². The van der Waals surface area contributed by atoms with E-state index in [0.717, 1.165) is 24.0 Å². The molecule has 1 aliphatic rings. The zero-order chi connectivity index (χ0) is 20.1. The van der Waals surface area contributed by atoms with E-state index in [1.807, 2.05) is 26.0 Å². The first-order valence-electron chi connectivity index (χ1n) is 9.42. The van der Waals surface area contributed by atoms with Crippen molar-refractivity contribution in [2.75, 3.05) is 25.0 Å². The van der Waals surface area contributed by atoms with Crippen molar-refractivity contribution in [1.82, 2.24) is 10.2 Å². The first-order valence-corrected chi connectivity index (χ1v) is 9.42. The van der Waals surface area contributed by atoms with Gasteiger partial charge in [-0.3, -0.25) is 14.4 Å². The van der Waals surface area contributed by atoms with Gasteiger partial charge in [-0.2, -0.15) is 0 Å². The van der Waals surface area contributed by atoms with Gasteiger partial charge in [-0.15, -0.1) is 0 Å². The first-order chi connectivity index (χ1) is 13.4. The Morgan fingerprint density at radius 1 is 1.11 bits per heavy atom. The maximum atomic E-state index is 12.3. The second kappa shape index (κ2) is 8.73. The minimum absolute atomic E-state index is 0.0379. The number of carbonyl (C=O) groups is 3. The van der Waals surface area contributed by atoms with Crippen molar-refractivity contribution >= 4 is 23.4 Å². The van der Waals surface area contributed by atoms with E-state index in [1.165, 1.54) is 12.5 Å². The Labute approximate surface area is 164 Å². The number of hydrogen-bond donors (Lipinski definition) is 2. The van der Waals surface area contributed by atoms with Gasteiger partial charge in [0.1, 0.15) is 6.26 Å². The van der Waals surface area contributed by atoms with Crippen LogP contribution in [0.3, 0.4) is 0 Å². The molecule has 0 spiro atoms. The third-order valence-corrected chi connectivity index (χ3v) is 5.06. The average Bonchev–Trinajstić information content (AvgIpc) is 3.23. The predicted molar refractivity (Wildman–Crippen MR) is 105 cm³/mol. The van der Waals surface area contributed by atoms with Gasteiger partial charge in [-0.05, 0) is 50.3 Å². The fourth-order valence-corrected chi connectivity index (χ4v) is 3.36. The molecule has 1 aromatic carbocycles. The summed E-state index contributed by atoms with van der Waals surface area (Å²) in [6, 6.07) is 7.29. The Bertz CT molecular complexity index is 853. The Morgan fingerprint density at radius 3 is 2.50 bits per heavy atom. The highest BCUT2D eigenvalue weighted by atomic mass is 16.3. The number of anilines is 1. The van der Waals surface area contributed by atoms with Gasteiger partial charge in [0.25, 0.3) is 5.91 Å². The molecule has 0 unspecified atom stereocenters. The zero-order valence-electron chi connectivity index (χ0n) is 16.2. The molecule has 0 aliphatic carbocycles. The lowest BCUT2D eigenvalue weighted by atomic mass is 9.96. The third-order valence-electron chi connectivity index (χ3n) is 5.06. The molecule has 3 amide bonds. The molecule has 0 saturated carbocycles. The van der Waals surface area contributed by atoms with Crippen molar-refractivity contribution in [3.63, 3.8) is 0 Å². The molecular formula is C21H25N3O4. The van der Waals surface area contributed by atoms with Gasteiger partial charge < -0.3 is 20.0 Å². The average molecular weight is 383 g/mol. The molecule has 1 fully saturated rings. The molecule has 1 aromatic heterocycles. The molecular weight excluding hydrogens is 358 g/mol. The highest BCUT2D eigenvalue weighted by Gasteiger charge is 2.25. The molecule has 2 N–H and O–H groups in total. The van der Waals surface area contributed by atoms with Gasteiger partial charge in [0.2, 0.25) is 0 Å². The maximum Gasteiger partial charge on any atom is 0.313 e. The maximum absolute atomic E-state index is 12.3. The number of nitrogens with one attached hydrogen (secondary N) is 2. The highest BCUT2D eigenvalue weighted by molar-refractivity contribution is 6.39. The van der Waals surface area contributed by atoms with Gasteiger partial charge in [-0.25, -0.2) is 0 Å². The second-order valence-electron chi connectivity index (χ2n) is 7.23. The molecule has 28 heavy (non-hydrogen) atoms. The molecule has 148 valence electrons. The molecule has 2 aromatic rings. The number of rotatable bonds is 4. The van der Waals surface area contributed by atoms with Crippen LogP contribution in [0.2, 0.25) is 0 Å². The van der Waals surface area contributed by atoms with E-state index in [2.05, 4.69) is 10.6 Å². The number of carbonyl (C=O) groups excluding carboxylic acids is 3. The summed E-state index contributed by atoms with van der Waals surface area (Å²) in [5.41, 5.74) is 3.19. The largest absolute Gasteiger partial charge is 0.472 e. The number of piperidine rings is 1. The standard InChI is InChI=1S/C21H25N3O4/c1-14-3-4-18(15(2)11-14)23-20(26)19(25)22-12-16-5-8-24(9-6-16)21(27)17-7-10-28-13-17/h3-4,7,10-11,13,16H,5-6,8-9,12H2,1-2H3,(H,22,25)(H,23,26). The smallest absolute Gasteiger partial charge is 0.313 e. The summed E-state index contributed by atoms with van der Waals surface area (Å²) in [6.45, 7) is 5.53. The Morgan fingerprint density at radius 2 is 1.86 bits per heavy atom. The summed E-state index contributed by atoms with van der Waals surface area (Å²) in [5, 5.41) is 5.36. The van der Waals surface area contributed by atoms with E-state index in [4.69, 9.17) is 4.42 Å². The Kier molecular flexibility index (Phi) is 6.13.